The van der Waals surface area contributed by atoms with Crippen molar-refractivity contribution < 1.29 is 18.7 Å². The topological polar surface area (TPSA) is 80.0 Å². The molecule has 0 N–H and O–H groups in total. The van der Waals surface area contributed by atoms with E-state index in [0.29, 0.717) is 28.3 Å². The summed E-state index contributed by atoms with van der Waals surface area (Å²) >= 11 is 0. The van der Waals surface area contributed by atoms with Gasteiger partial charge in [0, 0.05) is 50.2 Å². The van der Waals surface area contributed by atoms with Crippen molar-refractivity contribution in [2.45, 2.75) is 38.8 Å². The minimum Gasteiger partial charge on any atom is -0.486 e. The molecule has 0 bridgehead atoms. The molecule has 1 amide bonds. The summed E-state index contributed by atoms with van der Waals surface area (Å²) < 4.78 is 22.9. The monoisotopic (exact) mass is 481 g/mol. The van der Waals surface area contributed by atoms with E-state index in [1.165, 1.54) is 16.8 Å². The van der Waals surface area contributed by atoms with Crippen LogP contribution in [0.5, 0.6) is 5.75 Å². The predicted octanol–water partition coefficient (Wildman–Crippen LogP) is 3.76. The van der Waals surface area contributed by atoms with Crippen LogP contribution >= 0.6 is 0 Å². The third-order valence-corrected chi connectivity index (χ3v) is 6.42. The van der Waals surface area contributed by atoms with Gasteiger partial charge in [-0.05, 0) is 37.5 Å². The second kappa shape index (κ2) is 10.0. The van der Waals surface area contributed by atoms with Crippen LogP contribution in [-0.4, -0.2) is 65.2 Å². The first-order valence-corrected chi connectivity index (χ1v) is 12.0. The van der Waals surface area contributed by atoms with Gasteiger partial charge in [0.25, 0.3) is 5.91 Å². The Labute approximate surface area is 204 Å². The van der Waals surface area contributed by atoms with Gasteiger partial charge in [-0.15, -0.1) is 0 Å². The highest BCUT2D eigenvalue weighted by atomic mass is 19.1. The Balaban J connectivity index is 1.76. The number of carbonyl (C=O) groups is 2. The first-order valence-electron chi connectivity index (χ1n) is 12.0. The lowest BCUT2D eigenvalue weighted by atomic mass is 10.1. The van der Waals surface area contributed by atoms with Gasteiger partial charge >= 0.3 is 0 Å². The first kappa shape index (κ1) is 24.6. The molecular formula is C26H32FN5O3. The molecule has 9 heteroatoms. The number of carbonyl (C=O) groups excluding carboxylic acids is 2. The Morgan fingerprint density at radius 3 is 2.66 bits per heavy atom. The fourth-order valence-electron chi connectivity index (χ4n) is 4.34. The van der Waals surface area contributed by atoms with E-state index in [9.17, 15) is 9.59 Å². The number of halogens is 1. The molecule has 35 heavy (non-hydrogen) atoms. The lowest BCUT2D eigenvalue weighted by Gasteiger charge is -2.28. The van der Waals surface area contributed by atoms with E-state index in [1.807, 2.05) is 18.7 Å². The van der Waals surface area contributed by atoms with E-state index in [1.54, 1.807) is 36.3 Å². The van der Waals surface area contributed by atoms with Crippen molar-refractivity contribution in [2.75, 3.05) is 38.2 Å². The highest BCUT2D eigenvalue weighted by molar-refractivity contribution is 5.95. The minimum absolute atomic E-state index is 0.0957. The Kier molecular flexibility index (Phi) is 7.05. The summed E-state index contributed by atoms with van der Waals surface area (Å²) in [7, 11) is 1.60. The molecule has 0 saturated carbocycles. The Morgan fingerprint density at radius 1 is 1.26 bits per heavy atom. The largest absolute Gasteiger partial charge is 0.486 e. The van der Waals surface area contributed by atoms with Crippen molar-refractivity contribution in [1.82, 2.24) is 14.5 Å². The highest BCUT2D eigenvalue weighted by Gasteiger charge is 2.36. The van der Waals surface area contributed by atoms with Crippen molar-refractivity contribution in [3.05, 3.63) is 54.3 Å². The van der Waals surface area contributed by atoms with Crippen LogP contribution in [0.2, 0.25) is 0 Å². The molecule has 1 saturated heterocycles. The van der Waals surface area contributed by atoms with Gasteiger partial charge in [0.2, 0.25) is 5.91 Å². The summed E-state index contributed by atoms with van der Waals surface area (Å²) in [6.07, 6.45) is 7.46. The van der Waals surface area contributed by atoms with Gasteiger partial charge in [-0.3, -0.25) is 19.1 Å². The summed E-state index contributed by atoms with van der Waals surface area (Å²) in [5.74, 6) is 0.294. The number of hydrogen-bond acceptors (Lipinski definition) is 6. The number of nitrogens with zero attached hydrogens (tertiary/aromatic N) is 5. The number of fused-ring (bicyclic) bond motifs is 1. The van der Waals surface area contributed by atoms with E-state index in [-0.39, 0.29) is 30.9 Å². The first-order chi connectivity index (χ1) is 16.8. The zero-order chi connectivity index (χ0) is 25.2. The molecule has 2 aromatic rings. The van der Waals surface area contributed by atoms with E-state index in [4.69, 9.17) is 4.74 Å². The van der Waals surface area contributed by atoms with Crippen LogP contribution in [-0.2, 0) is 0 Å². The molecule has 2 aliphatic heterocycles. The minimum atomic E-state index is -1.86. The molecule has 0 radical (unpaired) electrons. The highest BCUT2D eigenvalue weighted by Crippen LogP contribution is 2.38. The molecule has 0 spiro atoms. The molecule has 1 fully saturated rings. The summed E-state index contributed by atoms with van der Waals surface area (Å²) in [6, 6.07) is 5.08. The van der Waals surface area contributed by atoms with Crippen molar-refractivity contribution in [3.63, 3.8) is 0 Å². The summed E-state index contributed by atoms with van der Waals surface area (Å²) in [4.78, 5) is 37.9. The number of likely N-dealkylation sites (tertiary alicyclic amines) is 1. The van der Waals surface area contributed by atoms with Gasteiger partial charge in [-0.25, -0.2) is 9.37 Å². The third kappa shape index (κ3) is 4.99. The quantitative estimate of drug-likeness (QED) is 0.622. The maximum Gasteiger partial charge on any atom is 0.255 e. The average molecular weight is 482 g/mol. The molecular weight excluding hydrogens is 449 g/mol. The second-order valence-electron chi connectivity index (χ2n) is 9.34. The number of amides is 1. The predicted molar refractivity (Wildman–Crippen MR) is 132 cm³/mol. The van der Waals surface area contributed by atoms with Crippen LogP contribution in [0, 0.1) is 5.92 Å². The molecule has 4 rings (SSSR count). The third-order valence-electron chi connectivity index (χ3n) is 6.42. The number of pyridine rings is 2. The zero-order valence-electron chi connectivity index (χ0n) is 20.5. The number of alkyl halides is 1. The Hall–Kier alpha value is -3.49. The maximum absolute atomic E-state index is 15.6. The van der Waals surface area contributed by atoms with E-state index in [2.05, 4.69) is 16.6 Å². The van der Waals surface area contributed by atoms with Crippen LogP contribution in [0.15, 0.2) is 48.2 Å². The van der Waals surface area contributed by atoms with Gasteiger partial charge in [-0.1, -0.05) is 20.4 Å². The standard InChI is InChI=1S/C26H32FN5O3/c1-5-26(27)16-32(20-9-12-31(22(14-20)28-4)24(33)18(2)3)23-21(35-17-26)13-19(15-29-23)25(34)30-10-7-6-8-11-30/h5,9,12-15,18H,1,6-8,10-11,16-17H2,2-4H3/b28-22-. The van der Waals surface area contributed by atoms with Crippen LogP contribution in [0.3, 0.4) is 0 Å². The van der Waals surface area contributed by atoms with Gasteiger partial charge in [0.05, 0.1) is 12.1 Å². The fraction of sp³-hybridized carbons (Fsp3) is 0.462. The number of aromatic nitrogens is 2. The molecule has 0 aliphatic carbocycles. The number of rotatable bonds is 4. The number of ether oxygens (including phenoxy) is 1. The number of anilines is 2. The van der Waals surface area contributed by atoms with Crippen LogP contribution in [0.1, 0.15) is 48.3 Å². The smallest absolute Gasteiger partial charge is 0.255 e. The maximum atomic E-state index is 15.6. The Morgan fingerprint density at radius 2 is 2.00 bits per heavy atom. The van der Waals surface area contributed by atoms with Gasteiger partial charge < -0.3 is 14.5 Å². The van der Waals surface area contributed by atoms with Crippen LogP contribution in [0.25, 0.3) is 0 Å². The molecule has 186 valence electrons. The molecule has 0 aromatic carbocycles. The fourth-order valence-corrected chi connectivity index (χ4v) is 4.34. The number of piperidine rings is 1. The van der Waals surface area contributed by atoms with Crippen LogP contribution in [0.4, 0.5) is 15.9 Å². The summed E-state index contributed by atoms with van der Waals surface area (Å²) in [5.41, 5.74) is -0.418. The Bertz CT molecular complexity index is 1200. The molecule has 1 atom stereocenters. The summed E-state index contributed by atoms with van der Waals surface area (Å²) in [6.45, 7) is 8.38. The molecule has 8 nitrogen and oxygen atoms in total. The van der Waals surface area contributed by atoms with Crippen molar-refractivity contribution in [1.29, 1.82) is 0 Å². The van der Waals surface area contributed by atoms with Gasteiger partial charge in [0.15, 0.2) is 17.2 Å². The van der Waals surface area contributed by atoms with Gasteiger partial charge in [0.1, 0.15) is 12.1 Å². The average Bonchev–Trinajstić information content (AvgIpc) is 3.04. The van der Waals surface area contributed by atoms with Crippen LogP contribution < -0.4 is 15.1 Å². The molecule has 2 aliphatic rings. The lowest BCUT2D eigenvalue weighted by Crippen LogP contribution is -2.39. The van der Waals surface area contributed by atoms with Crippen molar-refractivity contribution in [2.24, 2.45) is 10.9 Å². The normalized spacial score (nSPS) is 20.8. The SMILES string of the molecule is C=CC1(F)COc2cc(C(=O)N3CCCCC3)cnc2N(c2ccn(C(=O)C(C)C)/c(=N\C)c2)C1. The number of hydrogen-bond donors (Lipinski definition) is 0. The zero-order valence-corrected chi connectivity index (χ0v) is 20.5. The lowest BCUT2D eigenvalue weighted by molar-refractivity contribution is 0.0723. The second-order valence-corrected chi connectivity index (χ2v) is 9.34. The van der Waals surface area contributed by atoms with Crippen molar-refractivity contribution >= 4 is 23.3 Å². The van der Waals surface area contributed by atoms with Gasteiger partial charge in [-0.2, -0.15) is 0 Å². The summed E-state index contributed by atoms with van der Waals surface area (Å²) in [5, 5.41) is 0. The van der Waals surface area contributed by atoms with Crippen molar-refractivity contribution in [3.8, 4) is 5.75 Å². The molecule has 2 aromatic heterocycles. The van der Waals surface area contributed by atoms with E-state index >= 15 is 4.39 Å². The van der Waals surface area contributed by atoms with E-state index < -0.39 is 5.67 Å². The van der Waals surface area contributed by atoms with E-state index in [0.717, 1.165) is 32.4 Å². The molecule has 1 unspecified atom stereocenters. The molecule has 4 heterocycles.